The third-order valence-corrected chi connectivity index (χ3v) is 5.81. The van der Waals surface area contributed by atoms with Crippen LogP contribution < -0.4 is 20.5 Å². The molecule has 27 heavy (non-hydrogen) atoms. The minimum atomic E-state index is -0.548. The van der Waals surface area contributed by atoms with E-state index < -0.39 is 5.91 Å². The Balaban J connectivity index is 2.24. The number of halogens is 1. The first kappa shape index (κ1) is 21.2. The van der Waals surface area contributed by atoms with Gasteiger partial charge >= 0.3 is 0 Å². The third-order valence-electron chi connectivity index (χ3n) is 3.95. The van der Waals surface area contributed by atoms with E-state index in [2.05, 4.69) is 21.2 Å². The summed E-state index contributed by atoms with van der Waals surface area (Å²) in [4.78, 5) is 25.2. The van der Waals surface area contributed by atoms with Crippen LogP contribution in [0.4, 0.5) is 5.00 Å². The molecule has 8 heteroatoms. The van der Waals surface area contributed by atoms with Gasteiger partial charge in [0.1, 0.15) is 5.00 Å². The van der Waals surface area contributed by atoms with Crippen LogP contribution in [0.1, 0.15) is 40.2 Å². The molecule has 2 aromatic rings. The van der Waals surface area contributed by atoms with Crippen molar-refractivity contribution in [3.05, 3.63) is 38.2 Å². The summed E-state index contributed by atoms with van der Waals surface area (Å²) in [5.41, 5.74) is 7.37. The quantitative estimate of drug-likeness (QED) is 0.624. The van der Waals surface area contributed by atoms with Gasteiger partial charge < -0.3 is 20.5 Å². The van der Waals surface area contributed by atoms with Gasteiger partial charge in [0.2, 0.25) is 5.91 Å². The summed E-state index contributed by atoms with van der Waals surface area (Å²) in [6, 6.07) is 3.59. The minimum absolute atomic E-state index is 0.112. The molecule has 146 valence electrons. The number of thiophene rings is 1. The zero-order chi connectivity index (χ0) is 20.1. The van der Waals surface area contributed by atoms with Crippen LogP contribution in [0.5, 0.6) is 11.5 Å². The average molecular weight is 455 g/mol. The topological polar surface area (TPSA) is 90.6 Å². The molecule has 0 aliphatic carbocycles. The van der Waals surface area contributed by atoms with Crippen molar-refractivity contribution in [1.82, 2.24) is 0 Å². The first-order chi connectivity index (χ1) is 12.8. The molecule has 0 atom stereocenters. The highest BCUT2D eigenvalue weighted by Gasteiger charge is 2.20. The van der Waals surface area contributed by atoms with Crippen molar-refractivity contribution in [2.24, 2.45) is 5.73 Å². The number of primary amides is 1. The van der Waals surface area contributed by atoms with Gasteiger partial charge in [0.15, 0.2) is 11.5 Å². The number of anilines is 1. The third kappa shape index (κ3) is 5.01. The number of hydrogen-bond donors (Lipinski definition) is 2. The fourth-order valence-corrected chi connectivity index (χ4v) is 4.15. The molecule has 0 bridgehead atoms. The lowest BCUT2D eigenvalue weighted by molar-refractivity contribution is -0.115. The van der Waals surface area contributed by atoms with Crippen LogP contribution >= 0.6 is 27.3 Å². The average Bonchev–Trinajstić information content (AvgIpc) is 2.86. The fourth-order valence-electron chi connectivity index (χ4n) is 2.60. The van der Waals surface area contributed by atoms with Crippen LogP contribution in [0.15, 0.2) is 16.6 Å². The van der Waals surface area contributed by atoms with E-state index in [9.17, 15) is 9.59 Å². The predicted octanol–water partition coefficient (Wildman–Crippen LogP) is 4.20. The van der Waals surface area contributed by atoms with Gasteiger partial charge in [-0.15, -0.1) is 11.3 Å². The molecule has 0 fully saturated rings. The van der Waals surface area contributed by atoms with E-state index in [0.29, 0.717) is 35.3 Å². The second-order valence-corrected chi connectivity index (χ2v) is 7.91. The first-order valence-electron chi connectivity index (χ1n) is 8.56. The Morgan fingerprint density at radius 3 is 2.30 bits per heavy atom. The largest absolute Gasteiger partial charge is 0.490 e. The van der Waals surface area contributed by atoms with Crippen molar-refractivity contribution in [2.45, 2.75) is 34.1 Å². The molecule has 0 unspecified atom stereocenters. The zero-order valence-electron chi connectivity index (χ0n) is 15.8. The molecule has 2 amide bonds. The Morgan fingerprint density at radius 1 is 1.15 bits per heavy atom. The second kappa shape index (κ2) is 9.23. The van der Waals surface area contributed by atoms with Crippen molar-refractivity contribution in [3.63, 3.8) is 0 Å². The Hall–Kier alpha value is -2.06. The summed E-state index contributed by atoms with van der Waals surface area (Å²) in [5, 5.41) is 3.29. The van der Waals surface area contributed by atoms with Gasteiger partial charge in [-0.3, -0.25) is 9.59 Å². The SMILES string of the molecule is CCOc1cc(Br)c(CC(=O)Nc2sc(C)c(C)c2C(N)=O)cc1OCC. The van der Waals surface area contributed by atoms with Crippen LogP contribution in [0.2, 0.25) is 0 Å². The molecule has 0 saturated carbocycles. The van der Waals surface area contributed by atoms with Gasteiger partial charge in [-0.05, 0) is 51.0 Å². The van der Waals surface area contributed by atoms with Crippen LogP contribution in [0, 0.1) is 13.8 Å². The molecular formula is C19H23BrN2O4S. The molecule has 0 aliphatic rings. The maximum Gasteiger partial charge on any atom is 0.251 e. The van der Waals surface area contributed by atoms with Crippen molar-refractivity contribution >= 4 is 44.1 Å². The molecule has 0 radical (unpaired) electrons. The van der Waals surface area contributed by atoms with E-state index in [1.165, 1.54) is 11.3 Å². The van der Waals surface area contributed by atoms with Gasteiger partial charge in [-0.2, -0.15) is 0 Å². The number of amides is 2. The predicted molar refractivity (Wildman–Crippen MR) is 111 cm³/mol. The van der Waals surface area contributed by atoms with E-state index in [1.54, 1.807) is 12.1 Å². The molecular weight excluding hydrogens is 432 g/mol. The molecule has 0 aliphatic heterocycles. The van der Waals surface area contributed by atoms with E-state index in [4.69, 9.17) is 15.2 Å². The Kier molecular flexibility index (Phi) is 7.26. The molecule has 1 aromatic carbocycles. The summed E-state index contributed by atoms with van der Waals surface area (Å²) in [7, 11) is 0. The maximum absolute atomic E-state index is 12.6. The smallest absolute Gasteiger partial charge is 0.251 e. The van der Waals surface area contributed by atoms with Crippen molar-refractivity contribution in [1.29, 1.82) is 0 Å². The molecule has 3 N–H and O–H groups in total. The standard InChI is InChI=1S/C19H23BrN2O4S/c1-5-25-14-7-12(13(20)9-15(14)26-6-2)8-16(23)22-19-17(18(21)24)10(3)11(4)27-19/h7,9H,5-6,8H2,1-4H3,(H2,21,24)(H,22,23). The number of benzene rings is 1. The van der Waals surface area contributed by atoms with Gasteiger partial charge in [-0.25, -0.2) is 0 Å². The van der Waals surface area contributed by atoms with Crippen LogP contribution in [0.25, 0.3) is 0 Å². The van der Waals surface area contributed by atoms with Gasteiger partial charge in [0.25, 0.3) is 5.91 Å². The lowest BCUT2D eigenvalue weighted by Crippen LogP contribution is -2.18. The van der Waals surface area contributed by atoms with E-state index in [1.807, 2.05) is 27.7 Å². The number of ether oxygens (including phenoxy) is 2. The molecule has 6 nitrogen and oxygen atoms in total. The van der Waals surface area contributed by atoms with E-state index >= 15 is 0 Å². The molecule has 1 heterocycles. The summed E-state index contributed by atoms with van der Waals surface area (Å²) < 4.78 is 11.9. The van der Waals surface area contributed by atoms with Crippen LogP contribution in [0.3, 0.4) is 0 Å². The minimum Gasteiger partial charge on any atom is -0.490 e. The van der Waals surface area contributed by atoms with Crippen molar-refractivity contribution in [2.75, 3.05) is 18.5 Å². The van der Waals surface area contributed by atoms with Crippen molar-refractivity contribution < 1.29 is 19.1 Å². The Morgan fingerprint density at radius 2 is 1.74 bits per heavy atom. The number of aryl methyl sites for hydroxylation is 1. The first-order valence-corrected chi connectivity index (χ1v) is 10.2. The lowest BCUT2D eigenvalue weighted by Gasteiger charge is -2.14. The Labute approximate surface area is 171 Å². The van der Waals surface area contributed by atoms with E-state index in [0.717, 1.165) is 20.5 Å². The summed E-state index contributed by atoms with van der Waals surface area (Å²) in [5.74, 6) is 0.418. The van der Waals surface area contributed by atoms with Gasteiger partial charge in [-0.1, -0.05) is 15.9 Å². The van der Waals surface area contributed by atoms with Crippen LogP contribution in [-0.4, -0.2) is 25.0 Å². The zero-order valence-corrected chi connectivity index (χ0v) is 18.2. The number of carbonyl (C=O) groups is 2. The summed E-state index contributed by atoms with van der Waals surface area (Å²) in [6.45, 7) is 8.49. The number of nitrogens with one attached hydrogen (secondary N) is 1. The molecule has 2 rings (SSSR count). The number of carbonyl (C=O) groups excluding carboxylic acids is 2. The highest BCUT2D eigenvalue weighted by molar-refractivity contribution is 9.10. The highest BCUT2D eigenvalue weighted by Crippen LogP contribution is 2.35. The molecule has 0 spiro atoms. The highest BCUT2D eigenvalue weighted by atomic mass is 79.9. The normalized spacial score (nSPS) is 10.6. The lowest BCUT2D eigenvalue weighted by atomic mass is 10.1. The van der Waals surface area contributed by atoms with Gasteiger partial charge in [0, 0.05) is 9.35 Å². The number of nitrogens with two attached hydrogens (primary N) is 1. The molecule has 1 aromatic heterocycles. The summed E-state index contributed by atoms with van der Waals surface area (Å²) in [6.07, 6.45) is 0.112. The van der Waals surface area contributed by atoms with Crippen LogP contribution in [-0.2, 0) is 11.2 Å². The monoisotopic (exact) mass is 454 g/mol. The van der Waals surface area contributed by atoms with E-state index in [-0.39, 0.29) is 12.3 Å². The summed E-state index contributed by atoms with van der Waals surface area (Å²) >= 11 is 4.83. The number of rotatable bonds is 8. The van der Waals surface area contributed by atoms with Gasteiger partial charge in [0.05, 0.1) is 25.2 Å². The molecule has 0 saturated heterocycles. The second-order valence-electron chi connectivity index (χ2n) is 5.83. The number of hydrogen-bond acceptors (Lipinski definition) is 5. The van der Waals surface area contributed by atoms with Crippen molar-refractivity contribution in [3.8, 4) is 11.5 Å². The maximum atomic E-state index is 12.6. The fraction of sp³-hybridized carbons (Fsp3) is 0.368. The Bertz CT molecular complexity index is 864.